The molecule has 0 bridgehead atoms. The predicted molar refractivity (Wildman–Crippen MR) is 84.8 cm³/mol. The number of aromatic nitrogens is 1. The highest BCUT2D eigenvalue weighted by atomic mass is 35.5. The number of carbonyl (C=O) groups excluding carboxylic acids is 1. The number of amides is 1. The van der Waals surface area contributed by atoms with E-state index >= 15 is 0 Å². The van der Waals surface area contributed by atoms with Crippen LogP contribution in [0, 0.1) is 5.92 Å². The number of piperidine rings is 1. The summed E-state index contributed by atoms with van der Waals surface area (Å²) >= 11 is 6.08. The van der Waals surface area contributed by atoms with Crippen molar-refractivity contribution in [1.82, 2.24) is 14.8 Å². The van der Waals surface area contributed by atoms with Crippen LogP contribution in [0.3, 0.4) is 0 Å². The Morgan fingerprint density at radius 1 is 1.48 bits per heavy atom. The number of rotatable bonds is 5. The predicted octanol–water partition coefficient (Wildman–Crippen LogP) is 2.77. The van der Waals surface area contributed by atoms with Crippen LogP contribution >= 0.6 is 11.6 Å². The molecule has 5 heteroatoms. The molecule has 21 heavy (non-hydrogen) atoms. The second-order valence-corrected chi connectivity index (χ2v) is 6.67. The number of halogens is 1. The maximum absolute atomic E-state index is 12.9. The van der Waals surface area contributed by atoms with E-state index in [0.29, 0.717) is 17.0 Å². The van der Waals surface area contributed by atoms with Gasteiger partial charge in [0.2, 0.25) is 0 Å². The highest BCUT2D eigenvalue weighted by Crippen LogP contribution is 2.30. The van der Waals surface area contributed by atoms with Crippen LogP contribution < -0.4 is 5.32 Å². The summed E-state index contributed by atoms with van der Waals surface area (Å²) in [5.74, 6) is 0.737. The van der Waals surface area contributed by atoms with E-state index in [-0.39, 0.29) is 5.91 Å². The zero-order chi connectivity index (χ0) is 14.8. The number of nitrogens with one attached hydrogen (secondary N) is 1. The SMILES string of the molecule is CCn1cc(Cl)cc1C(=O)N(CC1CCCNC1)C1CC1. The molecule has 4 nitrogen and oxygen atoms in total. The lowest BCUT2D eigenvalue weighted by atomic mass is 9.99. The fourth-order valence-electron chi connectivity index (χ4n) is 3.20. The van der Waals surface area contributed by atoms with Crippen LogP contribution in [0.15, 0.2) is 12.3 Å². The van der Waals surface area contributed by atoms with Gasteiger partial charge in [-0.3, -0.25) is 4.79 Å². The van der Waals surface area contributed by atoms with E-state index in [2.05, 4.69) is 10.2 Å². The molecule has 1 N–H and O–H groups in total. The summed E-state index contributed by atoms with van der Waals surface area (Å²) < 4.78 is 1.96. The Morgan fingerprint density at radius 3 is 2.90 bits per heavy atom. The molecule has 0 spiro atoms. The highest BCUT2D eigenvalue weighted by molar-refractivity contribution is 6.31. The van der Waals surface area contributed by atoms with Gasteiger partial charge in [0, 0.05) is 25.3 Å². The van der Waals surface area contributed by atoms with E-state index in [0.717, 1.165) is 44.7 Å². The van der Waals surface area contributed by atoms with Crippen LogP contribution in [0.1, 0.15) is 43.1 Å². The minimum Gasteiger partial charge on any atom is -0.342 e. The lowest BCUT2D eigenvalue weighted by Crippen LogP contribution is -2.42. The van der Waals surface area contributed by atoms with Gasteiger partial charge < -0.3 is 14.8 Å². The quantitative estimate of drug-likeness (QED) is 0.908. The molecule has 1 aromatic heterocycles. The zero-order valence-electron chi connectivity index (χ0n) is 12.6. The van der Waals surface area contributed by atoms with Crippen molar-refractivity contribution in [3.63, 3.8) is 0 Å². The minimum absolute atomic E-state index is 0.150. The maximum atomic E-state index is 12.9. The Kier molecular flexibility index (Phi) is 4.55. The molecule has 3 rings (SSSR count). The lowest BCUT2D eigenvalue weighted by Gasteiger charge is -2.30. The number of hydrogen-bond donors (Lipinski definition) is 1. The summed E-state index contributed by atoms with van der Waals surface area (Å²) in [4.78, 5) is 15.0. The average Bonchev–Trinajstić information content (AvgIpc) is 3.27. The number of nitrogens with zero attached hydrogens (tertiary/aromatic N) is 2. The summed E-state index contributed by atoms with van der Waals surface area (Å²) in [6.07, 6.45) is 6.58. The van der Waals surface area contributed by atoms with Crippen molar-refractivity contribution in [1.29, 1.82) is 0 Å². The standard InChI is InChI=1S/C16H24ClN3O/c1-2-19-11-13(17)8-15(19)16(21)20(14-5-6-14)10-12-4-3-7-18-9-12/h8,11-12,14,18H,2-7,9-10H2,1H3. The molecule has 0 radical (unpaired) electrons. The molecule has 116 valence electrons. The van der Waals surface area contributed by atoms with Crippen LogP contribution in [0.5, 0.6) is 0 Å². The Balaban J connectivity index is 1.74. The number of aryl methyl sites for hydroxylation is 1. The first kappa shape index (κ1) is 14.9. The van der Waals surface area contributed by atoms with Gasteiger partial charge >= 0.3 is 0 Å². The molecule has 1 saturated carbocycles. The first-order valence-corrected chi connectivity index (χ1v) is 8.44. The summed E-state index contributed by atoms with van der Waals surface area (Å²) in [7, 11) is 0. The Morgan fingerprint density at radius 2 is 2.29 bits per heavy atom. The van der Waals surface area contributed by atoms with E-state index in [1.54, 1.807) is 0 Å². The molecule has 1 aromatic rings. The third-order valence-electron chi connectivity index (χ3n) is 4.53. The molecule has 1 saturated heterocycles. The van der Waals surface area contributed by atoms with Gasteiger partial charge in [0.25, 0.3) is 5.91 Å². The molecule has 1 aliphatic heterocycles. The Labute approximate surface area is 131 Å². The van der Waals surface area contributed by atoms with Crippen molar-refractivity contribution >= 4 is 17.5 Å². The lowest BCUT2D eigenvalue weighted by molar-refractivity contribution is 0.0693. The number of carbonyl (C=O) groups is 1. The normalized spacial score (nSPS) is 22.3. The third kappa shape index (κ3) is 3.43. The molecule has 2 fully saturated rings. The summed E-state index contributed by atoms with van der Waals surface area (Å²) in [6.45, 7) is 5.84. The molecule has 1 aliphatic carbocycles. The van der Waals surface area contributed by atoms with E-state index in [9.17, 15) is 4.79 Å². The number of hydrogen-bond acceptors (Lipinski definition) is 2. The van der Waals surface area contributed by atoms with Gasteiger partial charge in [0.05, 0.1) is 5.02 Å². The second-order valence-electron chi connectivity index (χ2n) is 6.23. The van der Waals surface area contributed by atoms with Crippen molar-refractivity contribution in [2.45, 2.75) is 45.2 Å². The molecule has 0 aromatic carbocycles. The van der Waals surface area contributed by atoms with Crippen molar-refractivity contribution in [2.24, 2.45) is 5.92 Å². The average molecular weight is 310 g/mol. The zero-order valence-corrected chi connectivity index (χ0v) is 13.4. The molecule has 1 unspecified atom stereocenters. The summed E-state index contributed by atoms with van der Waals surface area (Å²) in [6, 6.07) is 2.25. The molecular weight excluding hydrogens is 286 g/mol. The topological polar surface area (TPSA) is 37.3 Å². The third-order valence-corrected chi connectivity index (χ3v) is 4.73. The van der Waals surface area contributed by atoms with E-state index < -0.39 is 0 Å². The Bertz CT molecular complexity index is 504. The van der Waals surface area contributed by atoms with Gasteiger partial charge in [0.1, 0.15) is 5.69 Å². The van der Waals surface area contributed by atoms with Crippen molar-refractivity contribution < 1.29 is 4.79 Å². The van der Waals surface area contributed by atoms with Crippen molar-refractivity contribution in [3.8, 4) is 0 Å². The van der Waals surface area contributed by atoms with Gasteiger partial charge in [-0.25, -0.2) is 0 Å². The van der Waals surface area contributed by atoms with Crippen LogP contribution in [-0.2, 0) is 6.54 Å². The van der Waals surface area contributed by atoms with E-state index in [1.165, 1.54) is 12.8 Å². The van der Waals surface area contributed by atoms with E-state index in [1.807, 2.05) is 23.8 Å². The van der Waals surface area contributed by atoms with Crippen molar-refractivity contribution in [2.75, 3.05) is 19.6 Å². The molecule has 1 atom stereocenters. The van der Waals surface area contributed by atoms with Gasteiger partial charge in [-0.05, 0) is 57.7 Å². The molecule has 1 amide bonds. The van der Waals surface area contributed by atoms with Gasteiger partial charge in [-0.1, -0.05) is 11.6 Å². The molecule has 2 heterocycles. The van der Waals surface area contributed by atoms with Crippen LogP contribution in [0.4, 0.5) is 0 Å². The van der Waals surface area contributed by atoms with Gasteiger partial charge in [-0.15, -0.1) is 0 Å². The molecular formula is C16H24ClN3O. The van der Waals surface area contributed by atoms with Gasteiger partial charge in [0.15, 0.2) is 0 Å². The maximum Gasteiger partial charge on any atom is 0.270 e. The minimum atomic E-state index is 0.150. The largest absolute Gasteiger partial charge is 0.342 e. The van der Waals surface area contributed by atoms with Crippen molar-refractivity contribution in [3.05, 3.63) is 23.0 Å². The smallest absolute Gasteiger partial charge is 0.270 e. The first-order chi connectivity index (χ1) is 10.2. The Hall–Kier alpha value is -1.00. The highest BCUT2D eigenvalue weighted by Gasteiger charge is 2.35. The first-order valence-electron chi connectivity index (χ1n) is 8.06. The van der Waals surface area contributed by atoms with Gasteiger partial charge in [-0.2, -0.15) is 0 Å². The fourth-order valence-corrected chi connectivity index (χ4v) is 3.43. The molecule has 2 aliphatic rings. The monoisotopic (exact) mass is 309 g/mol. The second kappa shape index (κ2) is 6.41. The van der Waals surface area contributed by atoms with Crippen LogP contribution in [0.2, 0.25) is 5.02 Å². The van der Waals surface area contributed by atoms with Crippen LogP contribution in [0.25, 0.3) is 0 Å². The summed E-state index contributed by atoms with van der Waals surface area (Å²) in [5, 5.41) is 4.09. The fraction of sp³-hybridized carbons (Fsp3) is 0.688. The summed E-state index contributed by atoms with van der Waals surface area (Å²) in [5.41, 5.74) is 0.734. The van der Waals surface area contributed by atoms with Crippen LogP contribution in [-0.4, -0.2) is 41.1 Å². The van der Waals surface area contributed by atoms with E-state index in [4.69, 9.17) is 11.6 Å².